The van der Waals surface area contributed by atoms with Gasteiger partial charge in [-0.2, -0.15) is 0 Å². The summed E-state index contributed by atoms with van der Waals surface area (Å²) in [6.07, 6.45) is 0. The van der Waals surface area contributed by atoms with Gasteiger partial charge < -0.3 is 9.15 Å². The van der Waals surface area contributed by atoms with E-state index in [4.69, 9.17) is 9.15 Å². The summed E-state index contributed by atoms with van der Waals surface area (Å²) in [4.78, 5) is 11.5. The first-order valence-corrected chi connectivity index (χ1v) is 8.09. The average molecular weight is 359 g/mol. The van der Waals surface area contributed by atoms with Gasteiger partial charge in [-0.05, 0) is 35.7 Å². The van der Waals surface area contributed by atoms with Crippen LogP contribution in [0.4, 0.5) is 0 Å². The second kappa shape index (κ2) is 6.36. The van der Waals surface area contributed by atoms with Crippen molar-refractivity contribution in [2.45, 2.75) is 18.9 Å². The predicted molar refractivity (Wildman–Crippen MR) is 90.6 cm³/mol. The van der Waals surface area contributed by atoms with Gasteiger partial charge in [-0.25, -0.2) is 4.79 Å². The van der Waals surface area contributed by atoms with Crippen LogP contribution in [0.25, 0.3) is 11.0 Å². The highest BCUT2D eigenvalue weighted by Crippen LogP contribution is 2.23. The molecule has 0 saturated carbocycles. The standard InChI is InChI=1S/C18H15BrO3/c1-12-8-18(20)22-17-9-15(6-7-16(12)17)21-11-14-5-3-2-4-13(14)10-19/h2-9H,10-11H2,1H3. The molecule has 4 heteroatoms. The first kappa shape index (κ1) is 14.9. The Bertz CT molecular complexity index is 868. The summed E-state index contributed by atoms with van der Waals surface area (Å²) in [6, 6.07) is 15.2. The number of fused-ring (bicyclic) bond motifs is 1. The Labute approximate surface area is 136 Å². The van der Waals surface area contributed by atoms with Crippen molar-refractivity contribution < 1.29 is 9.15 Å². The molecule has 0 fully saturated rings. The third-order valence-electron chi connectivity index (χ3n) is 3.58. The minimum Gasteiger partial charge on any atom is -0.489 e. The van der Waals surface area contributed by atoms with E-state index < -0.39 is 0 Å². The summed E-state index contributed by atoms with van der Waals surface area (Å²) in [6.45, 7) is 2.37. The maximum Gasteiger partial charge on any atom is 0.336 e. The Morgan fingerprint density at radius 3 is 2.64 bits per heavy atom. The van der Waals surface area contributed by atoms with Gasteiger partial charge in [-0.1, -0.05) is 40.2 Å². The van der Waals surface area contributed by atoms with E-state index in [0.717, 1.165) is 21.8 Å². The van der Waals surface area contributed by atoms with E-state index >= 15 is 0 Å². The van der Waals surface area contributed by atoms with Crippen LogP contribution >= 0.6 is 15.9 Å². The van der Waals surface area contributed by atoms with Crippen LogP contribution in [-0.2, 0) is 11.9 Å². The quantitative estimate of drug-likeness (QED) is 0.506. The van der Waals surface area contributed by atoms with Crippen molar-refractivity contribution in [1.29, 1.82) is 0 Å². The molecule has 2 aromatic carbocycles. The highest BCUT2D eigenvalue weighted by molar-refractivity contribution is 9.08. The van der Waals surface area contributed by atoms with E-state index in [0.29, 0.717) is 17.9 Å². The van der Waals surface area contributed by atoms with Crippen LogP contribution in [0.3, 0.4) is 0 Å². The molecule has 0 spiro atoms. The summed E-state index contributed by atoms with van der Waals surface area (Å²) in [7, 11) is 0. The predicted octanol–water partition coefficient (Wildman–Crippen LogP) is 4.58. The number of halogens is 1. The largest absolute Gasteiger partial charge is 0.489 e. The van der Waals surface area contributed by atoms with Gasteiger partial charge in [0.05, 0.1) is 0 Å². The van der Waals surface area contributed by atoms with Crippen molar-refractivity contribution in [3.63, 3.8) is 0 Å². The summed E-state index contributed by atoms with van der Waals surface area (Å²) < 4.78 is 11.1. The van der Waals surface area contributed by atoms with E-state index in [1.165, 1.54) is 11.6 Å². The zero-order valence-corrected chi connectivity index (χ0v) is 13.7. The molecular formula is C18H15BrO3. The number of ether oxygens (including phenoxy) is 1. The van der Waals surface area contributed by atoms with Gasteiger partial charge in [-0.15, -0.1) is 0 Å². The van der Waals surface area contributed by atoms with Gasteiger partial charge in [0.2, 0.25) is 0 Å². The molecule has 3 aromatic rings. The number of aryl methyl sites for hydroxylation is 1. The Hall–Kier alpha value is -2.07. The molecule has 3 nitrogen and oxygen atoms in total. The van der Waals surface area contributed by atoms with Gasteiger partial charge in [0, 0.05) is 22.8 Å². The van der Waals surface area contributed by atoms with Crippen LogP contribution in [0.5, 0.6) is 5.75 Å². The van der Waals surface area contributed by atoms with Gasteiger partial charge in [0.15, 0.2) is 0 Å². The maximum atomic E-state index is 11.5. The minimum atomic E-state index is -0.341. The Morgan fingerprint density at radius 1 is 1.09 bits per heavy atom. The van der Waals surface area contributed by atoms with Crippen LogP contribution < -0.4 is 10.4 Å². The van der Waals surface area contributed by atoms with Crippen molar-refractivity contribution >= 4 is 26.9 Å². The minimum absolute atomic E-state index is 0.341. The molecular weight excluding hydrogens is 344 g/mol. The Morgan fingerprint density at radius 2 is 1.86 bits per heavy atom. The monoisotopic (exact) mass is 358 g/mol. The van der Waals surface area contributed by atoms with Crippen LogP contribution in [0, 0.1) is 6.92 Å². The lowest BCUT2D eigenvalue weighted by atomic mass is 10.1. The maximum absolute atomic E-state index is 11.5. The summed E-state index contributed by atoms with van der Waals surface area (Å²) >= 11 is 3.48. The Balaban J connectivity index is 1.87. The number of alkyl halides is 1. The zero-order valence-electron chi connectivity index (χ0n) is 12.1. The number of hydrogen-bond acceptors (Lipinski definition) is 3. The first-order valence-electron chi connectivity index (χ1n) is 6.97. The fraction of sp³-hybridized carbons (Fsp3) is 0.167. The van der Waals surface area contributed by atoms with E-state index in [2.05, 4.69) is 22.0 Å². The molecule has 0 aliphatic carbocycles. The average Bonchev–Trinajstić information content (AvgIpc) is 2.52. The molecule has 0 bridgehead atoms. The lowest BCUT2D eigenvalue weighted by Gasteiger charge is -2.10. The molecule has 0 atom stereocenters. The molecule has 1 heterocycles. The summed E-state index contributed by atoms with van der Waals surface area (Å²) in [5.41, 5.74) is 3.45. The number of benzene rings is 2. The van der Waals surface area contributed by atoms with Gasteiger partial charge in [0.25, 0.3) is 0 Å². The number of rotatable bonds is 4. The summed E-state index contributed by atoms with van der Waals surface area (Å²) in [5, 5.41) is 1.71. The molecule has 0 N–H and O–H groups in total. The van der Waals surface area contributed by atoms with E-state index in [1.807, 2.05) is 37.3 Å². The molecule has 1 aromatic heterocycles. The molecule has 3 rings (SSSR count). The van der Waals surface area contributed by atoms with Crippen molar-refractivity contribution in [1.82, 2.24) is 0 Å². The van der Waals surface area contributed by atoms with E-state index in [9.17, 15) is 4.79 Å². The highest BCUT2D eigenvalue weighted by Gasteiger charge is 2.05. The van der Waals surface area contributed by atoms with Crippen LogP contribution in [-0.4, -0.2) is 0 Å². The summed E-state index contributed by atoms with van der Waals surface area (Å²) in [5.74, 6) is 0.686. The third-order valence-corrected chi connectivity index (χ3v) is 4.18. The second-order valence-electron chi connectivity index (χ2n) is 5.10. The lowest BCUT2D eigenvalue weighted by molar-refractivity contribution is 0.305. The van der Waals surface area contributed by atoms with Gasteiger partial charge >= 0.3 is 5.63 Å². The fourth-order valence-electron chi connectivity index (χ4n) is 2.38. The van der Waals surface area contributed by atoms with Crippen LogP contribution in [0.1, 0.15) is 16.7 Å². The molecule has 0 amide bonds. The fourth-order valence-corrected chi connectivity index (χ4v) is 2.93. The molecule has 0 aliphatic heterocycles. The zero-order chi connectivity index (χ0) is 15.5. The molecule has 0 saturated heterocycles. The van der Waals surface area contributed by atoms with Gasteiger partial charge in [-0.3, -0.25) is 0 Å². The molecule has 22 heavy (non-hydrogen) atoms. The Kier molecular flexibility index (Phi) is 4.29. The number of hydrogen-bond donors (Lipinski definition) is 0. The second-order valence-corrected chi connectivity index (χ2v) is 5.66. The van der Waals surface area contributed by atoms with Crippen molar-refractivity contribution in [3.8, 4) is 5.75 Å². The van der Waals surface area contributed by atoms with Crippen LogP contribution in [0.2, 0.25) is 0 Å². The molecule has 0 radical (unpaired) electrons. The molecule has 0 aliphatic rings. The highest BCUT2D eigenvalue weighted by atomic mass is 79.9. The normalized spacial score (nSPS) is 10.8. The van der Waals surface area contributed by atoms with Crippen molar-refractivity contribution in [2.75, 3.05) is 0 Å². The molecule has 0 unspecified atom stereocenters. The first-order chi connectivity index (χ1) is 10.7. The van der Waals surface area contributed by atoms with Crippen molar-refractivity contribution in [3.05, 3.63) is 75.6 Å². The van der Waals surface area contributed by atoms with Crippen molar-refractivity contribution in [2.24, 2.45) is 0 Å². The van der Waals surface area contributed by atoms with Gasteiger partial charge in [0.1, 0.15) is 17.9 Å². The molecule has 112 valence electrons. The third kappa shape index (κ3) is 3.07. The topological polar surface area (TPSA) is 39.4 Å². The van der Waals surface area contributed by atoms with Crippen LogP contribution in [0.15, 0.2) is 57.7 Å². The SMILES string of the molecule is Cc1cc(=O)oc2cc(OCc3ccccc3CBr)ccc12. The van der Waals surface area contributed by atoms with E-state index in [1.54, 1.807) is 6.07 Å². The van der Waals surface area contributed by atoms with E-state index in [-0.39, 0.29) is 5.63 Å². The smallest absolute Gasteiger partial charge is 0.336 e. The lowest BCUT2D eigenvalue weighted by Crippen LogP contribution is -2.00.